The highest BCUT2D eigenvalue weighted by Gasteiger charge is 2.31. The van der Waals surface area contributed by atoms with Gasteiger partial charge in [0.2, 0.25) is 0 Å². The number of halogens is 1. The Morgan fingerprint density at radius 1 is 1.18 bits per heavy atom. The largest absolute Gasteiger partial charge is 0.337 e. The van der Waals surface area contributed by atoms with Gasteiger partial charge in [-0.25, -0.2) is 4.68 Å². The number of aromatic nitrogens is 2. The Morgan fingerprint density at radius 3 is 2.57 bits per heavy atom. The molecule has 0 bridgehead atoms. The second-order valence-corrected chi connectivity index (χ2v) is 6.93. The van der Waals surface area contributed by atoms with Gasteiger partial charge in [0.15, 0.2) is 0 Å². The minimum atomic E-state index is -0.440. The molecule has 4 rings (SSSR count). The Morgan fingerprint density at radius 2 is 1.89 bits per heavy atom. The number of nitrogens with zero attached hydrogens (tertiary/aromatic N) is 5. The third-order valence-corrected chi connectivity index (χ3v) is 5.27. The van der Waals surface area contributed by atoms with Crippen LogP contribution in [-0.4, -0.2) is 75.7 Å². The molecule has 10 heteroatoms. The molecule has 28 heavy (non-hydrogen) atoms. The molecule has 0 saturated carbocycles. The molecule has 2 saturated heterocycles. The van der Waals surface area contributed by atoms with Crippen molar-refractivity contribution >= 4 is 24.0 Å². The zero-order valence-electron chi connectivity index (χ0n) is 15.4. The molecule has 1 aromatic heterocycles. The maximum Gasteiger partial charge on any atom is 0.269 e. The molecule has 150 valence electrons. The molecule has 0 radical (unpaired) electrons. The number of nitro groups is 1. The SMILES string of the molecule is Cl.O=C(c1cnn(-c2ccc([N+](=O)[O-])cc2)c1)N1CCC(N2CCNCC2)C1. The lowest BCUT2D eigenvalue weighted by molar-refractivity contribution is -0.384. The third-order valence-electron chi connectivity index (χ3n) is 5.27. The second kappa shape index (κ2) is 8.68. The van der Waals surface area contributed by atoms with E-state index in [2.05, 4.69) is 15.3 Å². The Balaban J connectivity index is 0.00000225. The Bertz CT molecular complexity index is 834. The summed E-state index contributed by atoms with van der Waals surface area (Å²) in [5.74, 6) is -0.0132. The van der Waals surface area contributed by atoms with E-state index in [9.17, 15) is 14.9 Å². The predicted octanol–water partition coefficient (Wildman–Crippen LogP) is 1.32. The van der Waals surface area contributed by atoms with Crippen molar-refractivity contribution < 1.29 is 9.72 Å². The lowest BCUT2D eigenvalue weighted by atomic mass is 10.2. The summed E-state index contributed by atoms with van der Waals surface area (Å²) in [7, 11) is 0. The highest BCUT2D eigenvalue weighted by Crippen LogP contribution is 2.20. The molecule has 1 atom stereocenters. The lowest BCUT2D eigenvalue weighted by Gasteiger charge is -2.32. The first-order valence-electron chi connectivity index (χ1n) is 9.15. The topological polar surface area (TPSA) is 96.5 Å². The van der Waals surface area contributed by atoms with Gasteiger partial charge < -0.3 is 10.2 Å². The van der Waals surface area contributed by atoms with Crippen LogP contribution in [0, 0.1) is 10.1 Å². The van der Waals surface area contributed by atoms with E-state index in [1.54, 1.807) is 29.2 Å². The number of hydrogen-bond acceptors (Lipinski definition) is 6. The number of carbonyl (C=O) groups is 1. The molecule has 2 aliphatic heterocycles. The minimum Gasteiger partial charge on any atom is -0.337 e. The number of non-ortho nitro benzene ring substituents is 1. The van der Waals surface area contributed by atoms with Crippen molar-refractivity contribution in [3.63, 3.8) is 0 Å². The Labute approximate surface area is 168 Å². The number of likely N-dealkylation sites (tertiary alicyclic amines) is 1. The van der Waals surface area contributed by atoms with Crippen LogP contribution in [0.1, 0.15) is 16.8 Å². The van der Waals surface area contributed by atoms with Crippen molar-refractivity contribution in [2.75, 3.05) is 39.3 Å². The second-order valence-electron chi connectivity index (χ2n) is 6.93. The summed E-state index contributed by atoms with van der Waals surface area (Å²) in [5.41, 5.74) is 1.24. The van der Waals surface area contributed by atoms with Gasteiger partial charge >= 0.3 is 0 Å². The number of nitro benzene ring substituents is 1. The molecule has 2 fully saturated rings. The predicted molar refractivity (Wildman–Crippen MR) is 106 cm³/mol. The van der Waals surface area contributed by atoms with Crippen molar-refractivity contribution in [3.05, 3.63) is 52.3 Å². The minimum absolute atomic E-state index is 0. The van der Waals surface area contributed by atoms with Gasteiger partial charge in [-0.2, -0.15) is 5.10 Å². The van der Waals surface area contributed by atoms with E-state index < -0.39 is 4.92 Å². The fourth-order valence-electron chi connectivity index (χ4n) is 3.76. The Hall–Kier alpha value is -2.49. The molecule has 2 aliphatic rings. The molecule has 2 aromatic rings. The summed E-state index contributed by atoms with van der Waals surface area (Å²) in [6.07, 6.45) is 4.24. The molecule has 9 nitrogen and oxygen atoms in total. The van der Waals surface area contributed by atoms with E-state index >= 15 is 0 Å². The van der Waals surface area contributed by atoms with Gasteiger partial charge in [-0.3, -0.25) is 19.8 Å². The van der Waals surface area contributed by atoms with E-state index in [0.717, 1.165) is 45.7 Å². The number of rotatable bonds is 4. The molecule has 0 aliphatic carbocycles. The maximum atomic E-state index is 12.8. The van der Waals surface area contributed by atoms with Crippen LogP contribution in [0.2, 0.25) is 0 Å². The quantitative estimate of drug-likeness (QED) is 0.607. The normalized spacial score (nSPS) is 20.0. The van der Waals surface area contributed by atoms with Crippen LogP contribution in [0.25, 0.3) is 5.69 Å². The van der Waals surface area contributed by atoms with Gasteiger partial charge in [0.05, 0.1) is 22.4 Å². The smallest absolute Gasteiger partial charge is 0.269 e. The number of nitrogens with one attached hydrogen (secondary N) is 1. The first kappa shape index (κ1) is 20.2. The van der Waals surface area contributed by atoms with Crippen molar-refractivity contribution in [1.29, 1.82) is 0 Å². The summed E-state index contributed by atoms with van der Waals surface area (Å²) in [4.78, 5) is 27.5. The fraction of sp³-hybridized carbons (Fsp3) is 0.444. The highest BCUT2D eigenvalue weighted by molar-refractivity contribution is 5.94. The summed E-state index contributed by atoms with van der Waals surface area (Å²) >= 11 is 0. The number of carbonyl (C=O) groups excluding carboxylic acids is 1. The fourth-order valence-corrected chi connectivity index (χ4v) is 3.76. The van der Waals surface area contributed by atoms with Crippen LogP contribution in [0.15, 0.2) is 36.7 Å². The number of amides is 1. The van der Waals surface area contributed by atoms with Gasteiger partial charge in [0.1, 0.15) is 0 Å². The van der Waals surface area contributed by atoms with Crippen LogP contribution >= 0.6 is 12.4 Å². The zero-order valence-corrected chi connectivity index (χ0v) is 16.2. The Kier molecular flexibility index (Phi) is 6.28. The maximum absolute atomic E-state index is 12.8. The van der Waals surface area contributed by atoms with Crippen LogP contribution < -0.4 is 5.32 Å². The van der Waals surface area contributed by atoms with E-state index in [-0.39, 0.29) is 24.0 Å². The van der Waals surface area contributed by atoms with Crippen LogP contribution in [-0.2, 0) is 0 Å². The van der Waals surface area contributed by atoms with Gasteiger partial charge in [0.25, 0.3) is 11.6 Å². The molecule has 1 amide bonds. The summed E-state index contributed by atoms with van der Waals surface area (Å²) in [6.45, 7) is 5.59. The van der Waals surface area contributed by atoms with Crippen LogP contribution in [0.4, 0.5) is 5.69 Å². The van der Waals surface area contributed by atoms with Crippen molar-refractivity contribution in [3.8, 4) is 5.69 Å². The van der Waals surface area contributed by atoms with Crippen molar-refractivity contribution in [2.45, 2.75) is 12.5 Å². The molecule has 3 heterocycles. The molecular weight excluding hydrogens is 384 g/mol. The summed E-state index contributed by atoms with van der Waals surface area (Å²) in [6, 6.07) is 6.53. The monoisotopic (exact) mass is 406 g/mol. The lowest BCUT2D eigenvalue weighted by Crippen LogP contribution is -2.49. The zero-order chi connectivity index (χ0) is 18.8. The van der Waals surface area contributed by atoms with Crippen molar-refractivity contribution in [2.24, 2.45) is 0 Å². The van der Waals surface area contributed by atoms with E-state index in [1.807, 2.05) is 4.90 Å². The number of benzene rings is 1. The molecule has 0 spiro atoms. The molecule has 1 unspecified atom stereocenters. The number of hydrogen-bond donors (Lipinski definition) is 1. The average Bonchev–Trinajstić information content (AvgIpc) is 3.38. The van der Waals surface area contributed by atoms with E-state index in [4.69, 9.17) is 0 Å². The van der Waals surface area contributed by atoms with Crippen molar-refractivity contribution in [1.82, 2.24) is 24.9 Å². The van der Waals surface area contributed by atoms with Gasteiger partial charge in [-0.1, -0.05) is 0 Å². The third kappa shape index (κ3) is 4.16. The van der Waals surface area contributed by atoms with Crippen LogP contribution in [0.3, 0.4) is 0 Å². The molecular formula is C18H23ClN6O3. The standard InChI is InChI=1S/C18H22N6O3.ClH/c25-18(22-8-5-17(13-22)21-9-6-19-7-10-21)14-11-20-23(12-14)15-1-3-16(4-2-15)24(26)27;/h1-4,11-12,17,19H,5-10,13H2;1H. The average molecular weight is 407 g/mol. The van der Waals surface area contributed by atoms with Crippen LogP contribution in [0.5, 0.6) is 0 Å². The van der Waals surface area contributed by atoms with E-state index in [1.165, 1.54) is 12.1 Å². The highest BCUT2D eigenvalue weighted by atomic mass is 35.5. The summed E-state index contributed by atoms with van der Waals surface area (Å²) in [5, 5.41) is 18.4. The number of piperazine rings is 1. The first-order chi connectivity index (χ1) is 13.1. The van der Waals surface area contributed by atoms with E-state index in [0.29, 0.717) is 17.3 Å². The summed E-state index contributed by atoms with van der Waals surface area (Å²) < 4.78 is 1.57. The molecule has 1 N–H and O–H groups in total. The van der Waals surface area contributed by atoms with Gasteiger partial charge in [-0.15, -0.1) is 12.4 Å². The van der Waals surface area contributed by atoms with Gasteiger partial charge in [0, 0.05) is 63.6 Å². The first-order valence-corrected chi connectivity index (χ1v) is 9.15. The van der Waals surface area contributed by atoms with Gasteiger partial charge in [-0.05, 0) is 18.6 Å². The molecule has 1 aromatic carbocycles.